The number of carbonyl (C=O) groups excluding carboxylic acids is 1. The highest BCUT2D eigenvalue weighted by atomic mass is 16.5. The summed E-state index contributed by atoms with van der Waals surface area (Å²) < 4.78 is 4.41. The Labute approximate surface area is 75.2 Å². The van der Waals surface area contributed by atoms with Crippen LogP contribution in [0.15, 0.2) is 18.2 Å². The van der Waals surface area contributed by atoms with E-state index in [0.29, 0.717) is 0 Å². The standard InChI is InChI=1S/C9H7NO3/c1-10-7-5-3-4-6(8(7)11)9(12)13-2/h3-5,11H,2H3. The number of para-hydroxylation sites is 1. The maximum atomic E-state index is 11.0. The minimum atomic E-state index is -0.650. The molecule has 1 aromatic carbocycles. The van der Waals surface area contributed by atoms with Gasteiger partial charge in [-0.2, -0.15) is 0 Å². The van der Waals surface area contributed by atoms with E-state index in [9.17, 15) is 9.90 Å². The molecule has 0 saturated carbocycles. The van der Waals surface area contributed by atoms with Gasteiger partial charge in [0.1, 0.15) is 5.75 Å². The second-order valence-electron chi connectivity index (χ2n) is 2.28. The minimum Gasteiger partial charge on any atom is -0.518 e. The van der Waals surface area contributed by atoms with Crippen molar-refractivity contribution in [3.8, 4) is 5.75 Å². The topological polar surface area (TPSA) is 50.9 Å². The van der Waals surface area contributed by atoms with E-state index in [0.717, 1.165) is 0 Å². The zero-order valence-electron chi connectivity index (χ0n) is 6.94. The predicted octanol–water partition coefficient (Wildman–Crippen LogP) is 1.73. The van der Waals surface area contributed by atoms with Crippen LogP contribution in [0.3, 0.4) is 0 Å². The van der Waals surface area contributed by atoms with Gasteiger partial charge < -0.3 is 9.84 Å². The summed E-state index contributed by atoms with van der Waals surface area (Å²) in [7, 11) is 1.21. The number of rotatable bonds is 1. The molecule has 0 amide bonds. The molecule has 0 heterocycles. The van der Waals surface area contributed by atoms with Crippen LogP contribution in [0.2, 0.25) is 0 Å². The first-order valence-electron chi connectivity index (χ1n) is 3.48. The highest BCUT2D eigenvalue weighted by molar-refractivity contribution is 5.94. The summed E-state index contributed by atoms with van der Waals surface area (Å²) in [5.74, 6) is -0.979. The minimum absolute atomic E-state index is 0.0102. The lowest BCUT2D eigenvalue weighted by Gasteiger charge is -2.02. The quantitative estimate of drug-likeness (QED) is 0.525. The molecule has 0 fully saturated rings. The molecule has 1 rings (SSSR count). The number of esters is 1. The van der Waals surface area contributed by atoms with Gasteiger partial charge in [0, 0.05) is 0 Å². The van der Waals surface area contributed by atoms with E-state index in [4.69, 9.17) is 6.57 Å². The largest absolute Gasteiger partial charge is 0.518 e. The molecule has 0 aromatic heterocycles. The Kier molecular flexibility index (Phi) is 2.50. The van der Waals surface area contributed by atoms with Gasteiger partial charge in [-0.3, -0.25) is 0 Å². The Morgan fingerprint density at radius 2 is 2.31 bits per heavy atom. The SMILES string of the molecule is [C-]#[N+]c1cccc(C(=O)OC)c1O. The average molecular weight is 177 g/mol. The van der Waals surface area contributed by atoms with Crippen molar-refractivity contribution in [2.45, 2.75) is 0 Å². The van der Waals surface area contributed by atoms with E-state index in [2.05, 4.69) is 9.58 Å². The summed E-state index contributed by atoms with van der Waals surface area (Å²) >= 11 is 0. The molecule has 0 aliphatic rings. The molecule has 4 nitrogen and oxygen atoms in total. The molecule has 1 N–H and O–H groups in total. The van der Waals surface area contributed by atoms with Crippen LogP contribution < -0.4 is 0 Å². The molecule has 13 heavy (non-hydrogen) atoms. The summed E-state index contributed by atoms with van der Waals surface area (Å²) in [6, 6.07) is 4.34. The first kappa shape index (κ1) is 9.07. The summed E-state index contributed by atoms with van der Waals surface area (Å²) in [5, 5.41) is 9.38. The second kappa shape index (κ2) is 3.59. The summed E-state index contributed by atoms with van der Waals surface area (Å²) in [6.45, 7) is 6.69. The molecule has 0 aliphatic heterocycles. The molecule has 0 spiro atoms. The van der Waals surface area contributed by atoms with Crippen LogP contribution in [0.1, 0.15) is 10.4 Å². The lowest BCUT2D eigenvalue weighted by atomic mass is 10.2. The molecule has 1 aromatic rings. The van der Waals surface area contributed by atoms with Crippen LogP contribution in [0.4, 0.5) is 5.69 Å². The fraction of sp³-hybridized carbons (Fsp3) is 0.111. The lowest BCUT2D eigenvalue weighted by Crippen LogP contribution is -2.00. The zero-order chi connectivity index (χ0) is 9.84. The number of ether oxygens (including phenoxy) is 1. The monoisotopic (exact) mass is 177 g/mol. The number of hydrogen-bond acceptors (Lipinski definition) is 3. The smallest absolute Gasteiger partial charge is 0.340 e. The van der Waals surface area contributed by atoms with E-state index in [1.165, 1.54) is 25.3 Å². The Morgan fingerprint density at radius 1 is 1.62 bits per heavy atom. The lowest BCUT2D eigenvalue weighted by molar-refractivity contribution is 0.0597. The first-order chi connectivity index (χ1) is 6.20. The van der Waals surface area contributed by atoms with Crippen LogP contribution in [-0.2, 0) is 4.74 Å². The number of nitrogens with zero attached hydrogens (tertiary/aromatic N) is 1. The van der Waals surface area contributed by atoms with Crippen LogP contribution >= 0.6 is 0 Å². The molecule has 0 radical (unpaired) electrons. The van der Waals surface area contributed by atoms with Crippen molar-refractivity contribution in [3.05, 3.63) is 35.2 Å². The molecule has 4 heteroatoms. The van der Waals surface area contributed by atoms with Crippen LogP contribution in [-0.4, -0.2) is 18.2 Å². The van der Waals surface area contributed by atoms with Crippen LogP contribution in [0.5, 0.6) is 5.75 Å². The molecular formula is C9H7NO3. The van der Waals surface area contributed by atoms with Gasteiger partial charge in [0.05, 0.1) is 19.2 Å². The Bertz CT molecular complexity index is 379. The number of phenols is 1. The predicted molar refractivity (Wildman–Crippen MR) is 45.7 cm³/mol. The molecular weight excluding hydrogens is 170 g/mol. The van der Waals surface area contributed by atoms with E-state index >= 15 is 0 Å². The summed E-state index contributed by atoms with van der Waals surface area (Å²) in [5.41, 5.74) is 0.0545. The maximum absolute atomic E-state index is 11.0. The third-order valence-corrected chi connectivity index (χ3v) is 1.54. The summed E-state index contributed by atoms with van der Waals surface area (Å²) in [4.78, 5) is 14.1. The number of carbonyl (C=O) groups is 1. The summed E-state index contributed by atoms with van der Waals surface area (Å²) in [6.07, 6.45) is 0. The van der Waals surface area contributed by atoms with Crippen LogP contribution in [0, 0.1) is 6.57 Å². The Balaban J connectivity index is 3.25. The number of methoxy groups -OCH3 is 1. The van der Waals surface area contributed by atoms with Gasteiger partial charge in [0.25, 0.3) is 0 Å². The van der Waals surface area contributed by atoms with Crippen molar-refractivity contribution >= 4 is 11.7 Å². The fourth-order valence-electron chi connectivity index (χ4n) is 0.896. The third-order valence-electron chi connectivity index (χ3n) is 1.54. The number of aromatic hydroxyl groups is 1. The van der Waals surface area contributed by atoms with Gasteiger partial charge in [-0.1, -0.05) is 12.1 Å². The Morgan fingerprint density at radius 3 is 2.85 bits per heavy atom. The molecule has 0 aliphatic carbocycles. The van der Waals surface area contributed by atoms with Gasteiger partial charge in [-0.25, -0.2) is 9.64 Å². The van der Waals surface area contributed by atoms with E-state index in [1.807, 2.05) is 0 Å². The molecule has 0 saturated heterocycles. The Hall–Kier alpha value is -2.02. The van der Waals surface area contributed by atoms with E-state index in [1.54, 1.807) is 0 Å². The maximum Gasteiger partial charge on any atom is 0.340 e. The van der Waals surface area contributed by atoms with Crippen molar-refractivity contribution < 1.29 is 14.6 Å². The van der Waals surface area contributed by atoms with Gasteiger partial charge in [-0.15, -0.1) is 0 Å². The van der Waals surface area contributed by atoms with Crippen molar-refractivity contribution in [1.29, 1.82) is 0 Å². The van der Waals surface area contributed by atoms with Crippen molar-refractivity contribution in [2.24, 2.45) is 0 Å². The van der Waals surface area contributed by atoms with Crippen LogP contribution in [0.25, 0.3) is 4.85 Å². The highest BCUT2D eigenvalue weighted by Crippen LogP contribution is 2.30. The van der Waals surface area contributed by atoms with Gasteiger partial charge >= 0.3 is 5.97 Å². The molecule has 0 unspecified atom stereocenters. The van der Waals surface area contributed by atoms with Gasteiger partial charge in [0.15, 0.2) is 0 Å². The number of hydrogen-bond donors (Lipinski definition) is 1. The normalized spacial score (nSPS) is 8.92. The third kappa shape index (κ3) is 1.59. The van der Waals surface area contributed by atoms with Gasteiger partial charge in [0.2, 0.25) is 5.69 Å². The van der Waals surface area contributed by atoms with E-state index < -0.39 is 5.97 Å². The van der Waals surface area contributed by atoms with Crippen molar-refractivity contribution in [3.63, 3.8) is 0 Å². The second-order valence-corrected chi connectivity index (χ2v) is 2.28. The first-order valence-corrected chi connectivity index (χ1v) is 3.48. The molecule has 0 bridgehead atoms. The van der Waals surface area contributed by atoms with Crippen molar-refractivity contribution in [1.82, 2.24) is 0 Å². The highest BCUT2D eigenvalue weighted by Gasteiger charge is 2.13. The average Bonchev–Trinajstić information content (AvgIpc) is 2.17. The van der Waals surface area contributed by atoms with E-state index in [-0.39, 0.29) is 17.0 Å². The zero-order valence-corrected chi connectivity index (χ0v) is 6.94. The van der Waals surface area contributed by atoms with Crippen molar-refractivity contribution in [2.75, 3.05) is 7.11 Å². The molecule has 0 atom stereocenters. The number of phenolic OH excluding ortho intramolecular Hbond substituents is 1. The van der Waals surface area contributed by atoms with Gasteiger partial charge in [-0.05, 0) is 6.07 Å². The fourth-order valence-corrected chi connectivity index (χ4v) is 0.896. The molecule has 66 valence electrons. The number of benzene rings is 1.